The van der Waals surface area contributed by atoms with Crippen LogP contribution in [0.4, 0.5) is 10.1 Å². The van der Waals surface area contributed by atoms with E-state index in [1.807, 2.05) is 4.90 Å². The zero-order valence-corrected chi connectivity index (χ0v) is 17.0. The molecular weight excluding hydrogens is 371 g/mol. The second-order valence-corrected chi connectivity index (χ2v) is 7.51. The first-order chi connectivity index (χ1) is 14.0. The molecule has 2 aliphatic rings. The quantitative estimate of drug-likeness (QED) is 0.683. The molecule has 8 heteroatoms. The molecule has 1 fully saturated rings. The van der Waals surface area contributed by atoms with Gasteiger partial charge in [0.1, 0.15) is 17.3 Å². The second-order valence-electron chi connectivity index (χ2n) is 7.51. The maximum absolute atomic E-state index is 14.1. The second kappa shape index (κ2) is 9.56. The average molecular weight is 401 g/mol. The molecule has 3 rings (SSSR count). The van der Waals surface area contributed by atoms with Crippen molar-refractivity contribution in [1.29, 1.82) is 0 Å². The van der Waals surface area contributed by atoms with Crippen LogP contribution in [0.3, 0.4) is 0 Å². The molecule has 2 heterocycles. The molecule has 1 aromatic rings. The lowest BCUT2D eigenvalue weighted by Gasteiger charge is -2.26. The zero-order valence-electron chi connectivity index (χ0n) is 17.0. The number of aliphatic imine (C=N–C) groups is 2. The molecule has 0 aromatic heterocycles. The van der Waals surface area contributed by atoms with Crippen LogP contribution < -0.4 is 16.4 Å². The van der Waals surface area contributed by atoms with Gasteiger partial charge in [-0.1, -0.05) is 32.6 Å². The zero-order chi connectivity index (χ0) is 20.8. The van der Waals surface area contributed by atoms with Crippen molar-refractivity contribution in [2.24, 2.45) is 21.6 Å². The molecule has 0 saturated carbocycles. The van der Waals surface area contributed by atoms with Crippen LogP contribution in [0.1, 0.15) is 26.7 Å². The van der Waals surface area contributed by atoms with Crippen molar-refractivity contribution in [1.82, 2.24) is 10.2 Å². The molecule has 0 spiro atoms. The van der Waals surface area contributed by atoms with Crippen LogP contribution in [-0.2, 0) is 4.74 Å². The lowest BCUT2D eigenvalue weighted by molar-refractivity contribution is 0.0803. The largest absolute Gasteiger partial charge is 0.403 e. The van der Waals surface area contributed by atoms with E-state index in [4.69, 9.17) is 10.5 Å². The van der Waals surface area contributed by atoms with Crippen LogP contribution in [0.25, 0.3) is 0 Å². The third-order valence-electron chi connectivity index (χ3n) is 4.63. The molecule has 4 N–H and O–H groups in total. The fraction of sp³-hybridized carbons (Fsp3) is 0.429. The molecular formula is C21H29FN6O. The minimum absolute atomic E-state index is 0.280. The number of halogens is 1. The Labute approximate surface area is 171 Å². The molecule has 0 bridgehead atoms. The van der Waals surface area contributed by atoms with Gasteiger partial charge in [0.2, 0.25) is 5.96 Å². The predicted octanol–water partition coefficient (Wildman–Crippen LogP) is 3.00. The number of hydrogen-bond donors (Lipinski definition) is 3. The lowest BCUT2D eigenvalue weighted by Crippen LogP contribution is -2.40. The third kappa shape index (κ3) is 5.35. The molecule has 0 unspecified atom stereocenters. The maximum atomic E-state index is 14.1. The lowest BCUT2D eigenvalue weighted by atomic mass is 10.1. The van der Waals surface area contributed by atoms with Crippen LogP contribution in [-0.4, -0.2) is 42.5 Å². The van der Waals surface area contributed by atoms with Gasteiger partial charge >= 0.3 is 0 Å². The summed E-state index contributed by atoms with van der Waals surface area (Å²) in [6.45, 7) is 10.3. The van der Waals surface area contributed by atoms with Gasteiger partial charge in [-0.2, -0.15) is 0 Å². The van der Waals surface area contributed by atoms with Gasteiger partial charge in [0.25, 0.3) is 0 Å². The summed E-state index contributed by atoms with van der Waals surface area (Å²) >= 11 is 0. The average Bonchev–Trinajstić information content (AvgIpc) is 3.00. The van der Waals surface area contributed by atoms with Crippen LogP contribution in [0.5, 0.6) is 0 Å². The number of hydrogen-bond acceptors (Lipinski definition) is 6. The van der Waals surface area contributed by atoms with Gasteiger partial charge in [-0.3, -0.25) is 4.90 Å². The van der Waals surface area contributed by atoms with Crippen molar-refractivity contribution in [3.8, 4) is 0 Å². The van der Waals surface area contributed by atoms with Gasteiger partial charge < -0.3 is 21.1 Å². The Balaban J connectivity index is 1.83. The molecule has 0 amide bonds. The summed E-state index contributed by atoms with van der Waals surface area (Å²) in [4.78, 5) is 11.1. The van der Waals surface area contributed by atoms with Crippen molar-refractivity contribution in [3.63, 3.8) is 0 Å². The number of nitrogens with zero attached hydrogens (tertiary/aromatic N) is 3. The number of nitrogens with two attached hydrogens (primary N) is 1. The first-order valence-electron chi connectivity index (χ1n) is 9.90. The standard InChI is InChI=1S/C21H29FN6O/c1-14(2)13-28-20(25-15(3)24-16-8-10-29-11-9-16)19(12-23)27-21(28)26-18-7-5-4-6-17(18)22/h4-7,12,14,16,24H,3,8-11,13,23H2,1-2H3,(H,26,27)/b19-12+,25-20+. The molecule has 0 radical (unpaired) electrons. The van der Waals surface area contributed by atoms with Gasteiger partial charge in [-0.15, -0.1) is 0 Å². The van der Waals surface area contributed by atoms with E-state index >= 15 is 0 Å². The maximum Gasteiger partial charge on any atom is 0.209 e. The van der Waals surface area contributed by atoms with E-state index in [2.05, 4.69) is 41.0 Å². The highest BCUT2D eigenvalue weighted by molar-refractivity contribution is 6.18. The van der Waals surface area contributed by atoms with Crippen LogP contribution in [0.2, 0.25) is 0 Å². The fourth-order valence-corrected chi connectivity index (χ4v) is 3.25. The summed E-state index contributed by atoms with van der Waals surface area (Å²) in [7, 11) is 0. The number of anilines is 1. The predicted molar refractivity (Wildman–Crippen MR) is 115 cm³/mol. The van der Waals surface area contributed by atoms with Crippen LogP contribution in [0, 0.1) is 11.7 Å². The monoisotopic (exact) mass is 400 g/mol. The van der Waals surface area contributed by atoms with E-state index in [0.29, 0.717) is 41.5 Å². The Hall–Kier alpha value is -2.87. The summed E-state index contributed by atoms with van der Waals surface area (Å²) in [6.07, 6.45) is 3.23. The number of rotatable bonds is 6. The van der Waals surface area contributed by atoms with E-state index in [1.165, 1.54) is 12.3 Å². The first kappa shape index (κ1) is 20.9. The molecule has 0 aliphatic carbocycles. The highest BCUT2D eigenvalue weighted by atomic mass is 19.1. The normalized spacial score (nSPS) is 20.4. The van der Waals surface area contributed by atoms with Crippen LogP contribution in [0.15, 0.2) is 58.5 Å². The van der Waals surface area contributed by atoms with Crippen molar-refractivity contribution < 1.29 is 9.13 Å². The Morgan fingerprint density at radius 3 is 2.79 bits per heavy atom. The van der Waals surface area contributed by atoms with Crippen molar-refractivity contribution in [2.75, 3.05) is 25.1 Å². The molecule has 0 atom stereocenters. The minimum atomic E-state index is -0.353. The number of amidine groups is 1. The highest BCUT2D eigenvalue weighted by Gasteiger charge is 2.30. The molecule has 156 valence electrons. The van der Waals surface area contributed by atoms with Gasteiger partial charge in [0, 0.05) is 32.0 Å². The Kier molecular flexibility index (Phi) is 6.87. The number of benzene rings is 1. The number of ether oxygens (including phenoxy) is 1. The van der Waals surface area contributed by atoms with E-state index in [9.17, 15) is 4.39 Å². The van der Waals surface area contributed by atoms with Crippen molar-refractivity contribution >= 4 is 17.5 Å². The third-order valence-corrected chi connectivity index (χ3v) is 4.63. The highest BCUT2D eigenvalue weighted by Crippen LogP contribution is 2.22. The molecule has 7 nitrogen and oxygen atoms in total. The molecule has 1 saturated heterocycles. The summed E-state index contributed by atoms with van der Waals surface area (Å²) < 4.78 is 19.5. The number of nitrogens with one attached hydrogen (secondary N) is 2. The van der Waals surface area contributed by atoms with Crippen molar-refractivity contribution in [3.05, 3.63) is 54.4 Å². The smallest absolute Gasteiger partial charge is 0.209 e. The van der Waals surface area contributed by atoms with Gasteiger partial charge in [0.05, 0.1) is 5.69 Å². The fourth-order valence-electron chi connectivity index (χ4n) is 3.25. The van der Waals surface area contributed by atoms with Gasteiger partial charge in [0.15, 0.2) is 5.84 Å². The molecule has 29 heavy (non-hydrogen) atoms. The SMILES string of the molecule is C=C(/N=C1\C(=C/N)N=C(Nc2ccccc2F)N1CC(C)C)NC1CCOCC1. The first-order valence-corrected chi connectivity index (χ1v) is 9.90. The minimum Gasteiger partial charge on any atom is -0.403 e. The summed E-state index contributed by atoms with van der Waals surface area (Å²) in [5, 5.41) is 6.42. The van der Waals surface area contributed by atoms with Crippen molar-refractivity contribution in [2.45, 2.75) is 32.7 Å². The van der Waals surface area contributed by atoms with Gasteiger partial charge in [-0.25, -0.2) is 14.4 Å². The Morgan fingerprint density at radius 2 is 2.14 bits per heavy atom. The van der Waals surface area contributed by atoms with Gasteiger partial charge in [-0.05, 0) is 30.9 Å². The summed E-state index contributed by atoms with van der Waals surface area (Å²) in [5.41, 5.74) is 6.68. The number of para-hydroxylation sites is 1. The number of guanidine groups is 1. The van der Waals surface area contributed by atoms with Crippen LogP contribution >= 0.6 is 0 Å². The van der Waals surface area contributed by atoms with E-state index in [1.54, 1.807) is 18.2 Å². The topological polar surface area (TPSA) is 87.3 Å². The Bertz CT molecular complexity index is 826. The van der Waals surface area contributed by atoms with E-state index in [0.717, 1.165) is 26.1 Å². The molecule has 1 aromatic carbocycles. The summed E-state index contributed by atoms with van der Waals surface area (Å²) in [6, 6.07) is 6.76. The van der Waals surface area contributed by atoms with E-state index in [-0.39, 0.29) is 11.9 Å². The van der Waals surface area contributed by atoms with E-state index < -0.39 is 0 Å². The Morgan fingerprint density at radius 1 is 1.41 bits per heavy atom. The summed E-state index contributed by atoms with van der Waals surface area (Å²) in [5.74, 6) is 1.58. The molecule has 2 aliphatic heterocycles.